The Kier molecular flexibility index (Phi) is 4.13. The molecule has 1 heterocycles. The van der Waals surface area contributed by atoms with E-state index in [2.05, 4.69) is 67.4 Å². The van der Waals surface area contributed by atoms with Gasteiger partial charge in [0.1, 0.15) is 0 Å². The topological polar surface area (TPSA) is 3.24 Å². The summed E-state index contributed by atoms with van der Waals surface area (Å²) in [5.74, 6) is 1.89. The van der Waals surface area contributed by atoms with Crippen molar-refractivity contribution in [3.63, 3.8) is 0 Å². The fraction of sp³-hybridized carbons (Fsp3) is 0.333. The Hall–Kier alpha value is -1.25. The van der Waals surface area contributed by atoms with Crippen molar-refractivity contribution in [2.75, 3.05) is 19.3 Å². The van der Waals surface area contributed by atoms with Gasteiger partial charge in [-0.3, -0.25) is 0 Å². The molecular weight excluding hydrogens is 262 g/mol. The summed E-state index contributed by atoms with van der Waals surface area (Å²) in [6.07, 6.45) is 0. The Labute approximate surface area is 126 Å². The van der Waals surface area contributed by atoms with E-state index in [0.717, 1.165) is 13.1 Å². The van der Waals surface area contributed by atoms with Crippen LogP contribution in [0.1, 0.15) is 22.6 Å². The molecule has 0 saturated carbocycles. The fourth-order valence-corrected chi connectivity index (χ4v) is 4.14. The molecule has 0 N–H and O–H groups in total. The number of thioether (sulfide) groups is 1. The lowest BCUT2D eigenvalue weighted by atomic mass is 10.0. The number of hydrogen-bond donors (Lipinski definition) is 0. The summed E-state index contributed by atoms with van der Waals surface area (Å²) in [7, 11) is 2.23. The zero-order valence-electron chi connectivity index (χ0n) is 12.2. The molecule has 0 saturated heterocycles. The quantitative estimate of drug-likeness (QED) is 0.822. The molecule has 0 spiro atoms. The van der Waals surface area contributed by atoms with Crippen LogP contribution in [0.15, 0.2) is 53.4 Å². The molecule has 20 heavy (non-hydrogen) atoms. The van der Waals surface area contributed by atoms with Crippen LogP contribution in [0.4, 0.5) is 0 Å². The van der Waals surface area contributed by atoms with Gasteiger partial charge < -0.3 is 4.90 Å². The lowest BCUT2D eigenvalue weighted by molar-refractivity contribution is 0.311. The van der Waals surface area contributed by atoms with Crippen LogP contribution in [0.2, 0.25) is 0 Å². The van der Waals surface area contributed by atoms with E-state index in [9.17, 15) is 0 Å². The Morgan fingerprint density at radius 2 is 1.85 bits per heavy atom. The molecule has 0 bridgehead atoms. The first-order valence-corrected chi connectivity index (χ1v) is 8.17. The first-order chi connectivity index (χ1) is 9.74. The summed E-state index contributed by atoms with van der Waals surface area (Å²) in [5.41, 5.74) is 4.36. The van der Waals surface area contributed by atoms with Gasteiger partial charge >= 0.3 is 0 Å². The minimum Gasteiger partial charge on any atom is -0.301 e. The zero-order chi connectivity index (χ0) is 13.9. The van der Waals surface area contributed by atoms with Crippen LogP contribution >= 0.6 is 11.8 Å². The Bertz CT molecular complexity index is 593. The first kappa shape index (κ1) is 13.7. The number of rotatable bonds is 4. The maximum absolute atomic E-state index is 2.45. The van der Waals surface area contributed by atoms with Crippen molar-refractivity contribution in [2.45, 2.75) is 24.3 Å². The van der Waals surface area contributed by atoms with Crippen molar-refractivity contribution in [3.05, 3.63) is 65.2 Å². The molecule has 1 aliphatic heterocycles. The van der Waals surface area contributed by atoms with E-state index in [0.29, 0.717) is 5.92 Å². The van der Waals surface area contributed by atoms with Crippen LogP contribution in [0.3, 0.4) is 0 Å². The molecule has 1 atom stereocenters. The van der Waals surface area contributed by atoms with E-state index in [1.54, 1.807) is 0 Å². The van der Waals surface area contributed by atoms with E-state index in [4.69, 9.17) is 0 Å². The average molecular weight is 283 g/mol. The molecule has 3 rings (SSSR count). The maximum Gasteiger partial charge on any atom is 0.0233 e. The van der Waals surface area contributed by atoms with Crippen molar-refractivity contribution in [2.24, 2.45) is 0 Å². The lowest BCUT2D eigenvalue weighted by Gasteiger charge is -2.22. The maximum atomic E-state index is 2.45. The van der Waals surface area contributed by atoms with Crippen LogP contribution < -0.4 is 0 Å². The molecule has 0 aromatic heterocycles. The predicted molar refractivity (Wildman–Crippen MR) is 87.4 cm³/mol. The molecule has 2 aromatic carbocycles. The number of aryl methyl sites for hydroxylation is 1. The molecule has 0 aliphatic carbocycles. The highest BCUT2D eigenvalue weighted by Crippen LogP contribution is 2.39. The van der Waals surface area contributed by atoms with Crippen molar-refractivity contribution >= 4 is 11.8 Å². The number of nitrogens with zero attached hydrogens (tertiary/aromatic N) is 1. The molecular formula is C18H21NS. The monoisotopic (exact) mass is 283 g/mol. The third-order valence-corrected chi connectivity index (χ3v) is 5.28. The Balaban J connectivity index is 1.66. The summed E-state index contributed by atoms with van der Waals surface area (Å²) in [4.78, 5) is 3.93. The summed E-state index contributed by atoms with van der Waals surface area (Å²) in [6.45, 7) is 4.37. The van der Waals surface area contributed by atoms with Gasteiger partial charge in [0.15, 0.2) is 0 Å². The van der Waals surface area contributed by atoms with Gasteiger partial charge in [0.25, 0.3) is 0 Å². The zero-order valence-corrected chi connectivity index (χ0v) is 13.0. The third kappa shape index (κ3) is 2.92. The highest BCUT2D eigenvalue weighted by Gasteiger charge is 2.23. The van der Waals surface area contributed by atoms with E-state index >= 15 is 0 Å². The highest BCUT2D eigenvalue weighted by atomic mass is 32.2. The Morgan fingerprint density at radius 3 is 2.70 bits per heavy atom. The van der Waals surface area contributed by atoms with Crippen molar-refractivity contribution < 1.29 is 0 Å². The fourth-order valence-electron chi connectivity index (χ4n) is 2.90. The van der Waals surface area contributed by atoms with Crippen molar-refractivity contribution in [1.82, 2.24) is 4.90 Å². The number of likely N-dealkylation sites (N-methyl/N-ethyl adjacent to an activating group) is 1. The van der Waals surface area contributed by atoms with Gasteiger partial charge in [0.2, 0.25) is 0 Å². The van der Waals surface area contributed by atoms with Crippen LogP contribution in [0, 0.1) is 6.92 Å². The number of hydrogen-bond acceptors (Lipinski definition) is 2. The highest BCUT2D eigenvalue weighted by molar-refractivity contribution is 7.99. The second kappa shape index (κ2) is 6.02. The summed E-state index contributed by atoms with van der Waals surface area (Å²) in [5, 5.41) is 0. The molecule has 0 radical (unpaired) electrons. The van der Waals surface area contributed by atoms with Crippen molar-refractivity contribution in [1.29, 1.82) is 0 Å². The molecule has 104 valence electrons. The molecule has 1 unspecified atom stereocenters. The van der Waals surface area contributed by atoms with Crippen LogP contribution in [0.25, 0.3) is 0 Å². The van der Waals surface area contributed by atoms with Gasteiger partial charge in [0.05, 0.1) is 0 Å². The normalized spacial score (nSPS) is 17.4. The van der Waals surface area contributed by atoms with Crippen LogP contribution in [-0.2, 0) is 6.54 Å². The van der Waals surface area contributed by atoms with E-state index in [-0.39, 0.29) is 0 Å². The smallest absolute Gasteiger partial charge is 0.0233 e. The minimum absolute atomic E-state index is 0.671. The third-order valence-electron chi connectivity index (χ3n) is 4.03. The van der Waals surface area contributed by atoms with Crippen molar-refractivity contribution in [3.8, 4) is 0 Å². The van der Waals surface area contributed by atoms with E-state index in [1.807, 2.05) is 11.8 Å². The van der Waals surface area contributed by atoms with Crippen LogP contribution in [0.5, 0.6) is 0 Å². The van der Waals surface area contributed by atoms with E-state index < -0.39 is 0 Å². The van der Waals surface area contributed by atoms with Crippen LogP contribution in [-0.4, -0.2) is 24.2 Å². The second-order valence-electron chi connectivity index (χ2n) is 5.67. The molecule has 0 fully saturated rings. The summed E-state index contributed by atoms with van der Waals surface area (Å²) >= 11 is 2.00. The second-order valence-corrected chi connectivity index (χ2v) is 6.73. The predicted octanol–water partition coefficient (Wildman–Crippen LogP) is 4.32. The van der Waals surface area contributed by atoms with Gasteiger partial charge in [-0.15, -0.1) is 11.8 Å². The van der Waals surface area contributed by atoms with Gasteiger partial charge in [-0.1, -0.05) is 42.5 Å². The first-order valence-electron chi connectivity index (χ1n) is 7.19. The number of benzene rings is 2. The molecule has 2 aromatic rings. The van der Waals surface area contributed by atoms with Gasteiger partial charge in [-0.25, -0.2) is 0 Å². The SMILES string of the molecule is Cc1ccccc1CN(C)CC1CSc2ccccc21. The molecule has 0 amide bonds. The minimum atomic E-state index is 0.671. The number of fused-ring (bicyclic) bond motifs is 1. The van der Waals surface area contributed by atoms with Gasteiger partial charge in [0, 0.05) is 29.7 Å². The van der Waals surface area contributed by atoms with Gasteiger partial charge in [-0.05, 0) is 36.7 Å². The summed E-state index contributed by atoms with van der Waals surface area (Å²) in [6, 6.07) is 17.5. The van der Waals surface area contributed by atoms with Gasteiger partial charge in [-0.2, -0.15) is 0 Å². The molecule has 2 heteroatoms. The molecule has 1 aliphatic rings. The standard InChI is InChI=1S/C18H21NS/c1-14-7-3-4-8-15(14)11-19(2)12-16-13-20-18-10-6-5-9-17(16)18/h3-10,16H,11-13H2,1-2H3. The summed E-state index contributed by atoms with van der Waals surface area (Å²) < 4.78 is 0. The lowest BCUT2D eigenvalue weighted by Crippen LogP contribution is -2.24. The largest absolute Gasteiger partial charge is 0.301 e. The van der Waals surface area contributed by atoms with E-state index in [1.165, 1.54) is 27.3 Å². The Morgan fingerprint density at radius 1 is 1.10 bits per heavy atom. The molecule has 1 nitrogen and oxygen atoms in total. The average Bonchev–Trinajstić information content (AvgIpc) is 2.85.